The maximum atomic E-state index is 14.4. The molecule has 0 aliphatic carbocycles. The van der Waals surface area contributed by atoms with E-state index >= 15 is 0 Å². The molecule has 1 fully saturated rings. The van der Waals surface area contributed by atoms with Crippen LogP contribution in [-0.2, 0) is 0 Å². The van der Waals surface area contributed by atoms with Crippen molar-refractivity contribution in [1.29, 1.82) is 0 Å². The van der Waals surface area contributed by atoms with Crippen molar-refractivity contribution in [2.24, 2.45) is 5.73 Å². The third-order valence-electron chi connectivity index (χ3n) is 4.92. The highest BCUT2D eigenvalue weighted by molar-refractivity contribution is 5.94. The lowest BCUT2D eigenvalue weighted by atomic mass is 10.1. The number of rotatable bonds is 7. The molecule has 0 unspecified atom stereocenters. The van der Waals surface area contributed by atoms with Gasteiger partial charge < -0.3 is 20.5 Å². The Morgan fingerprint density at radius 2 is 2.23 bits per heavy atom. The molecule has 1 aliphatic rings. The Balaban J connectivity index is 1.73. The molecule has 0 bridgehead atoms. The SMILES string of the molecule is NCCCOc1ncc(F)cc1[C@H]1C[C@H](F)CN1c1ccn2ncc(C(=O)O)c2n1. The Hall–Kier alpha value is -3.34. The number of carbonyl (C=O) groups is 1. The average molecular weight is 418 g/mol. The molecule has 0 radical (unpaired) electrons. The molecule has 0 spiro atoms. The fourth-order valence-corrected chi connectivity index (χ4v) is 3.56. The van der Waals surface area contributed by atoms with E-state index in [-0.39, 0.29) is 30.1 Å². The van der Waals surface area contributed by atoms with Crippen LogP contribution in [0.4, 0.5) is 14.6 Å². The Labute approximate surface area is 170 Å². The van der Waals surface area contributed by atoms with Crippen LogP contribution in [0, 0.1) is 5.82 Å². The van der Waals surface area contributed by atoms with E-state index in [0.29, 0.717) is 31.0 Å². The Kier molecular flexibility index (Phi) is 5.44. The van der Waals surface area contributed by atoms with Crippen molar-refractivity contribution in [3.05, 3.63) is 47.7 Å². The molecule has 3 aromatic rings. The van der Waals surface area contributed by atoms with Crippen molar-refractivity contribution < 1.29 is 23.4 Å². The number of aromatic carboxylic acids is 1. The first-order chi connectivity index (χ1) is 14.5. The second-order valence-electron chi connectivity index (χ2n) is 6.96. The number of pyridine rings is 1. The highest BCUT2D eigenvalue weighted by atomic mass is 19.1. The maximum absolute atomic E-state index is 14.4. The normalized spacial score (nSPS) is 18.8. The molecule has 1 saturated heterocycles. The summed E-state index contributed by atoms with van der Waals surface area (Å²) in [5, 5.41) is 13.3. The number of hydrogen-bond acceptors (Lipinski definition) is 7. The minimum absolute atomic E-state index is 0.0170. The number of aromatic nitrogens is 4. The van der Waals surface area contributed by atoms with E-state index in [1.54, 1.807) is 17.2 Å². The highest BCUT2D eigenvalue weighted by Crippen LogP contribution is 2.40. The third kappa shape index (κ3) is 3.75. The summed E-state index contributed by atoms with van der Waals surface area (Å²) >= 11 is 0. The number of halogens is 2. The highest BCUT2D eigenvalue weighted by Gasteiger charge is 2.37. The zero-order valence-corrected chi connectivity index (χ0v) is 15.9. The van der Waals surface area contributed by atoms with Gasteiger partial charge in [0.2, 0.25) is 5.88 Å². The van der Waals surface area contributed by atoms with Crippen molar-refractivity contribution in [3.63, 3.8) is 0 Å². The Bertz CT molecular complexity index is 1080. The van der Waals surface area contributed by atoms with E-state index in [4.69, 9.17) is 10.5 Å². The average Bonchev–Trinajstić information content (AvgIpc) is 3.32. The van der Waals surface area contributed by atoms with Gasteiger partial charge in [0, 0.05) is 18.2 Å². The number of alkyl halides is 1. The lowest BCUT2D eigenvalue weighted by molar-refractivity contribution is 0.0698. The molecular formula is C19H20F2N6O3. The summed E-state index contributed by atoms with van der Waals surface area (Å²) in [5.41, 5.74) is 5.96. The van der Waals surface area contributed by atoms with Crippen molar-refractivity contribution in [1.82, 2.24) is 19.6 Å². The zero-order valence-electron chi connectivity index (χ0n) is 15.9. The van der Waals surface area contributed by atoms with Gasteiger partial charge in [-0.25, -0.2) is 28.1 Å². The Morgan fingerprint density at radius 3 is 3.00 bits per heavy atom. The largest absolute Gasteiger partial charge is 0.477 e. The van der Waals surface area contributed by atoms with Crippen LogP contribution in [0.5, 0.6) is 5.88 Å². The van der Waals surface area contributed by atoms with Crippen molar-refractivity contribution in [2.75, 3.05) is 24.6 Å². The summed E-state index contributed by atoms with van der Waals surface area (Å²) in [6.45, 7) is 0.749. The van der Waals surface area contributed by atoms with E-state index < -0.39 is 24.0 Å². The van der Waals surface area contributed by atoms with Crippen LogP contribution < -0.4 is 15.4 Å². The molecule has 9 nitrogen and oxygen atoms in total. The molecule has 3 N–H and O–H groups in total. The predicted octanol–water partition coefficient (Wildman–Crippen LogP) is 1.98. The molecule has 11 heteroatoms. The number of carboxylic acids is 1. The number of anilines is 1. The van der Waals surface area contributed by atoms with Gasteiger partial charge in [-0.05, 0) is 25.1 Å². The molecule has 0 amide bonds. The van der Waals surface area contributed by atoms with Gasteiger partial charge in [-0.3, -0.25) is 0 Å². The number of ether oxygens (including phenoxy) is 1. The molecule has 30 heavy (non-hydrogen) atoms. The van der Waals surface area contributed by atoms with E-state index in [9.17, 15) is 18.7 Å². The molecule has 3 aromatic heterocycles. The summed E-state index contributed by atoms with van der Waals surface area (Å²) in [6.07, 6.45) is 3.30. The molecule has 2 atom stereocenters. The molecule has 0 aromatic carbocycles. The van der Waals surface area contributed by atoms with Crippen LogP contribution >= 0.6 is 0 Å². The van der Waals surface area contributed by atoms with Crippen LogP contribution in [-0.4, -0.2) is 56.5 Å². The van der Waals surface area contributed by atoms with E-state index in [0.717, 1.165) is 6.20 Å². The van der Waals surface area contributed by atoms with E-state index in [1.165, 1.54) is 16.8 Å². The van der Waals surface area contributed by atoms with Gasteiger partial charge in [0.25, 0.3) is 0 Å². The van der Waals surface area contributed by atoms with Crippen LogP contribution in [0.3, 0.4) is 0 Å². The summed E-state index contributed by atoms with van der Waals surface area (Å²) in [7, 11) is 0. The summed E-state index contributed by atoms with van der Waals surface area (Å²) < 4.78 is 35.4. The first kappa shape index (κ1) is 20.0. The Morgan fingerprint density at radius 1 is 1.40 bits per heavy atom. The quantitative estimate of drug-likeness (QED) is 0.559. The fourth-order valence-electron chi connectivity index (χ4n) is 3.56. The molecule has 4 rings (SSSR count). The van der Waals surface area contributed by atoms with Crippen LogP contribution in [0.2, 0.25) is 0 Å². The molecule has 0 saturated carbocycles. The minimum Gasteiger partial charge on any atom is -0.477 e. The lowest BCUT2D eigenvalue weighted by Gasteiger charge is -2.26. The van der Waals surface area contributed by atoms with Gasteiger partial charge in [-0.15, -0.1) is 0 Å². The maximum Gasteiger partial charge on any atom is 0.341 e. The topological polar surface area (TPSA) is 119 Å². The second kappa shape index (κ2) is 8.19. The zero-order chi connectivity index (χ0) is 21.3. The predicted molar refractivity (Wildman–Crippen MR) is 103 cm³/mol. The van der Waals surface area contributed by atoms with Gasteiger partial charge in [-0.2, -0.15) is 5.10 Å². The number of nitrogens with zero attached hydrogens (tertiary/aromatic N) is 5. The van der Waals surface area contributed by atoms with E-state index in [2.05, 4.69) is 15.1 Å². The first-order valence-electron chi connectivity index (χ1n) is 9.44. The van der Waals surface area contributed by atoms with Gasteiger partial charge >= 0.3 is 5.97 Å². The third-order valence-corrected chi connectivity index (χ3v) is 4.92. The van der Waals surface area contributed by atoms with Gasteiger partial charge in [0.05, 0.1) is 31.6 Å². The molecule has 1 aliphatic heterocycles. The monoisotopic (exact) mass is 418 g/mol. The minimum atomic E-state index is -1.18. The van der Waals surface area contributed by atoms with Crippen LogP contribution in [0.1, 0.15) is 34.8 Å². The summed E-state index contributed by atoms with van der Waals surface area (Å²) in [5.74, 6) is -1.16. The number of carboxylic acid groups (broad SMARTS) is 1. The van der Waals surface area contributed by atoms with E-state index in [1.807, 2.05) is 0 Å². The van der Waals surface area contributed by atoms with Gasteiger partial charge in [0.1, 0.15) is 23.4 Å². The summed E-state index contributed by atoms with van der Waals surface area (Å²) in [4.78, 5) is 21.5. The van der Waals surface area contributed by atoms with Gasteiger partial charge in [-0.1, -0.05) is 0 Å². The standard InChI is InChI=1S/C19H20F2N6O3/c20-11-6-13(18(23-8-11)30-5-1-3-22)15-7-12(21)10-26(15)16-2-4-27-17(25-16)14(9-24-27)19(28)29/h2,4,6,8-9,12,15H,1,3,5,7,10,22H2,(H,28,29)/t12-,15+/m0/s1. The first-order valence-corrected chi connectivity index (χ1v) is 9.44. The van der Waals surface area contributed by atoms with Crippen molar-refractivity contribution in [2.45, 2.75) is 25.1 Å². The second-order valence-corrected chi connectivity index (χ2v) is 6.96. The smallest absolute Gasteiger partial charge is 0.341 e. The number of nitrogens with two attached hydrogens (primary N) is 1. The van der Waals surface area contributed by atoms with Gasteiger partial charge in [0.15, 0.2) is 5.65 Å². The van der Waals surface area contributed by atoms with Crippen molar-refractivity contribution >= 4 is 17.4 Å². The van der Waals surface area contributed by atoms with Crippen LogP contribution in [0.15, 0.2) is 30.7 Å². The number of fused-ring (bicyclic) bond motifs is 1. The molecule has 158 valence electrons. The summed E-state index contributed by atoms with van der Waals surface area (Å²) in [6, 6.07) is 2.31. The molecular weight excluding hydrogens is 398 g/mol. The number of hydrogen-bond donors (Lipinski definition) is 2. The lowest BCUT2D eigenvalue weighted by Crippen LogP contribution is -2.25. The van der Waals surface area contributed by atoms with Crippen molar-refractivity contribution in [3.8, 4) is 5.88 Å². The fraction of sp³-hybridized carbons (Fsp3) is 0.368. The van der Waals surface area contributed by atoms with Crippen LogP contribution in [0.25, 0.3) is 5.65 Å². The molecule has 4 heterocycles.